The Bertz CT molecular complexity index is 1030. The molecule has 0 radical (unpaired) electrons. The molecule has 4 rings (SSSR count). The smallest absolute Gasteiger partial charge is 0.351 e. The number of ether oxygens (including phenoxy) is 2. The van der Waals surface area contributed by atoms with E-state index in [1.165, 1.54) is 34.9 Å². The third kappa shape index (κ3) is 3.82. The lowest BCUT2D eigenvalue weighted by Gasteiger charge is -2.23. The molecule has 1 saturated heterocycles. The summed E-state index contributed by atoms with van der Waals surface area (Å²) in [6.45, 7) is 0.0470. The SMILES string of the molecule is O=C(Nc1ccn(C2O[C@H](CO)[C@@H](O)C2(F)I)c(=O)n1)c1ccc2c(c1)CCCO2. The fourth-order valence-corrected chi connectivity index (χ4v) is 4.32. The van der Waals surface area contributed by atoms with Crippen LogP contribution in [0.2, 0.25) is 0 Å². The Morgan fingerprint density at radius 3 is 2.93 bits per heavy atom. The van der Waals surface area contributed by atoms with Crippen LogP contribution in [0.5, 0.6) is 5.75 Å². The van der Waals surface area contributed by atoms with Gasteiger partial charge in [0, 0.05) is 11.8 Å². The zero-order chi connectivity index (χ0) is 21.5. The minimum Gasteiger partial charge on any atom is -0.493 e. The molecule has 0 bridgehead atoms. The van der Waals surface area contributed by atoms with Crippen LogP contribution in [0.15, 0.2) is 35.3 Å². The van der Waals surface area contributed by atoms with E-state index in [1.807, 2.05) is 0 Å². The zero-order valence-electron chi connectivity index (χ0n) is 15.6. The standard InChI is InChI=1S/C19H19FIN3O6/c20-19(21)15(26)13(9-25)30-17(19)24-6-5-14(23-18(24)28)22-16(27)11-3-4-12-10(8-11)2-1-7-29-12/h3-6,8,13,15,17,25-26H,1-2,7,9H2,(H,22,23,27,28)/t13-,15-,17?,19?/m1/s1. The van der Waals surface area contributed by atoms with Crippen LogP contribution in [0.3, 0.4) is 0 Å². The van der Waals surface area contributed by atoms with E-state index in [4.69, 9.17) is 9.47 Å². The van der Waals surface area contributed by atoms with Crippen molar-refractivity contribution in [2.24, 2.45) is 0 Å². The number of rotatable bonds is 4. The first kappa shape index (κ1) is 21.2. The van der Waals surface area contributed by atoms with Crippen LogP contribution in [0.25, 0.3) is 0 Å². The van der Waals surface area contributed by atoms with Gasteiger partial charge < -0.3 is 25.0 Å². The van der Waals surface area contributed by atoms with Crippen molar-refractivity contribution < 1.29 is 28.9 Å². The first-order valence-electron chi connectivity index (χ1n) is 9.29. The lowest BCUT2D eigenvalue weighted by atomic mass is 10.0. The predicted octanol–water partition coefficient (Wildman–Crippen LogP) is 1.17. The van der Waals surface area contributed by atoms with Gasteiger partial charge >= 0.3 is 5.69 Å². The van der Waals surface area contributed by atoms with Crippen molar-refractivity contribution in [3.05, 3.63) is 52.1 Å². The summed E-state index contributed by atoms with van der Waals surface area (Å²) in [5.74, 6) is 0.298. The van der Waals surface area contributed by atoms with Gasteiger partial charge in [0.2, 0.25) is 3.68 Å². The fraction of sp³-hybridized carbons (Fsp3) is 0.421. The van der Waals surface area contributed by atoms with Gasteiger partial charge in [0.1, 0.15) is 23.8 Å². The Morgan fingerprint density at radius 1 is 1.43 bits per heavy atom. The number of fused-ring (bicyclic) bond motifs is 1. The molecule has 1 fully saturated rings. The highest BCUT2D eigenvalue weighted by atomic mass is 127. The molecule has 0 spiro atoms. The molecule has 11 heteroatoms. The molecular weight excluding hydrogens is 512 g/mol. The quantitative estimate of drug-likeness (QED) is 0.400. The minimum absolute atomic E-state index is 0.00890. The number of carbonyl (C=O) groups is 1. The number of benzene rings is 1. The van der Waals surface area contributed by atoms with Crippen molar-refractivity contribution in [3.8, 4) is 5.75 Å². The number of amides is 1. The van der Waals surface area contributed by atoms with Gasteiger partial charge in [-0.3, -0.25) is 9.36 Å². The third-order valence-corrected chi connectivity index (χ3v) is 6.23. The monoisotopic (exact) mass is 531 g/mol. The van der Waals surface area contributed by atoms with E-state index in [2.05, 4.69) is 10.3 Å². The van der Waals surface area contributed by atoms with Gasteiger partial charge in [0.05, 0.1) is 13.2 Å². The zero-order valence-corrected chi connectivity index (χ0v) is 17.8. The van der Waals surface area contributed by atoms with Gasteiger partial charge in [-0.25, -0.2) is 9.18 Å². The number of alkyl halides is 2. The summed E-state index contributed by atoms with van der Waals surface area (Å²) in [6, 6.07) is 6.42. The average Bonchev–Trinajstić information content (AvgIpc) is 2.96. The predicted molar refractivity (Wildman–Crippen MR) is 112 cm³/mol. The van der Waals surface area contributed by atoms with Gasteiger partial charge in [-0.2, -0.15) is 4.98 Å². The number of aliphatic hydroxyl groups is 2. The Morgan fingerprint density at radius 2 is 2.23 bits per heavy atom. The lowest BCUT2D eigenvalue weighted by molar-refractivity contribution is -0.0499. The summed E-state index contributed by atoms with van der Waals surface area (Å²) in [5, 5.41) is 21.7. The second-order valence-corrected chi connectivity index (χ2v) is 8.71. The van der Waals surface area contributed by atoms with Crippen LogP contribution in [0, 0.1) is 0 Å². The number of hydrogen-bond donors (Lipinski definition) is 3. The fourth-order valence-electron chi connectivity index (χ4n) is 3.47. The number of carbonyl (C=O) groups excluding carboxylic acids is 1. The molecule has 1 aromatic heterocycles. The van der Waals surface area contributed by atoms with Crippen LogP contribution in [-0.2, 0) is 11.2 Å². The molecule has 160 valence electrons. The second kappa shape index (κ2) is 8.21. The van der Waals surface area contributed by atoms with E-state index in [-0.39, 0.29) is 5.82 Å². The average molecular weight is 531 g/mol. The molecule has 2 aromatic rings. The Labute approximate surface area is 184 Å². The Kier molecular flexibility index (Phi) is 5.79. The van der Waals surface area contributed by atoms with Crippen molar-refractivity contribution >= 4 is 34.3 Å². The molecule has 0 saturated carbocycles. The largest absolute Gasteiger partial charge is 0.493 e. The molecule has 0 aliphatic carbocycles. The Hall–Kier alpha value is -2.09. The number of nitrogens with one attached hydrogen (secondary N) is 1. The van der Waals surface area contributed by atoms with Crippen molar-refractivity contribution in [3.63, 3.8) is 0 Å². The molecule has 2 unspecified atom stereocenters. The summed E-state index contributed by atoms with van der Waals surface area (Å²) in [6.07, 6.45) is -1.36. The lowest BCUT2D eigenvalue weighted by Crippen LogP contribution is -2.40. The van der Waals surface area contributed by atoms with Gasteiger partial charge in [-0.1, -0.05) is 0 Å². The summed E-state index contributed by atoms with van der Waals surface area (Å²) < 4.78 is 24.2. The highest BCUT2D eigenvalue weighted by Gasteiger charge is 2.56. The summed E-state index contributed by atoms with van der Waals surface area (Å²) >= 11 is 1.35. The molecule has 4 atom stereocenters. The molecule has 3 heterocycles. The minimum atomic E-state index is -2.34. The maximum absolute atomic E-state index is 14.9. The maximum Gasteiger partial charge on any atom is 0.351 e. The molecular formula is C19H19FIN3O6. The van der Waals surface area contributed by atoms with E-state index < -0.39 is 40.3 Å². The topological polar surface area (TPSA) is 123 Å². The van der Waals surface area contributed by atoms with Crippen LogP contribution in [0.4, 0.5) is 10.2 Å². The molecule has 1 aromatic carbocycles. The summed E-state index contributed by atoms with van der Waals surface area (Å²) in [4.78, 5) is 28.7. The molecule has 30 heavy (non-hydrogen) atoms. The van der Waals surface area contributed by atoms with E-state index in [0.29, 0.717) is 12.2 Å². The summed E-state index contributed by atoms with van der Waals surface area (Å²) in [7, 11) is 0. The van der Waals surface area contributed by atoms with E-state index >= 15 is 0 Å². The third-order valence-electron chi connectivity index (χ3n) is 5.05. The normalized spacial score (nSPS) is 27.9. The number of aliphatic hydroxyl groups excluding tert-OH is 2. The van der Waals surface area contributed by atoms with Crippen LogP contribution in [0.1, 0.15) is 28.6 Å². The van der Waals surface area contributed by atoms with Crippen molar-refractivity contribution in [2.75, 3.05) is 18.5 Å². The Balaban J connectivity index is 1.53. The second-order valence-electron chi connectivity index (χ2n) is 7.06. The van der Waals surface area contributed by atoms with Crippen molar-refractivity contribution in [1.82, 2.24) is 9.55 Å². The number of nitrogens with zero attached hydrogens (tertiary/aromatic N) is 2. The molecule has 2 aliphatic rings. The highest BCUT2D eigenvalue weighted by molar-refractivity contribution is 14.1. The van der Waals surface area contributed by atoms with Crippen molar-refractivity contribution in [2.45, 2.75) is 35.0 Å². The molecule has 1 amide bonds. The first-order valence-corrected chi connectivity index (χ1v) is 10.4. The first-order chi connectivity index (χ1) is 14.3. The molecule has 9 nitrogen and oxygen atoms in total. The van der Waals surface area contributed by atoms with Crippen LogP contribution in [-0.4, -0.2) is 54.8 Å². The molecule has 2 aliphatic heterocycles. The van der Waals surface area contributed by atoms with Gasteiger partial charge in [-0.05, 0) is 65.3 Å². The number of halogens is 2. The van der Waals surface area contributed by atoms with E-state index in [0.717, 1.165) is 28.7 Å². The van der Waals surface area contributed by atoms with Gasteiger partial charge in [0.25, 0.3) is 5.91 Å². The summed E-state index contributed by atoms with van der Waals surface area (Å²) in [5.41, 5.74) is 0.461. The maximum atomic E-state index is 14.9. The molecule has 3 N–H and O–H groups in total. The van der Waals surface area contributed by atoms with Gasteiger partial charge in [0.15, 0.2) is 6.23 Å². The number of anilines is 1. The highest BCUT2D eigenvalue weighted by Crippen LogP contribution is 2.45. The van der Waals surface area contributed by atoms with Crippen LogP contribution < -0.4 is 15.7 Å². The van der Waals surface area contributed by atoms with E-state index in [9.17, 15) is 24.2 Å². The van der Waals surface area contributed by atoms with Gasteiger partial charge in [-0.15, -0.1) is 0 Å². The number of hydrogen-bond acceptors (Lipinski definition) is 7. The number of aromatic nitrogens is 2. The van der Waals surface area contributed by atoms with Crippen molar-refractivity contribution in [1.29, 1.82) is 0 Å². The van der Waals surface area contributed by atoms with Crippen LogP contribution >= 0.6 is 22.6 Å². The number of aryl methyl sites for hydroxylation is 1. The van der Waals surface area contributed by atoms with E-state index in [1.54, 1.807) is 18.2 Å².